The van der Waals surface area contributed by atoms with Crippen molar-refractivity contribution in [3.63, 3.8) is 0 Å². The van der Waals surface area contributed by atoms with E-state index >= 15 is 0 Å². The van der Waals surface area contributed by atoms with Crippen molar-refractivity contribution in [2.45, 2.75) is 0 Å². The summed E-state index contributed by atoms with van der Waals surface area (Å²) >= 11 is 0. The summed E-state index contributed by atoms with van der Waals surface area (Å²) in [5, 5.41) is 0. The Labute approximate surface area is 86.1 Å². The van der Waals surface area contributed by atoms with Crippen LogP contribution in [0.1, 0.15) is 10.5 Å². The normalized spacial score (nSPS) is 10.2. The number of carbonyl (C=O) groups excluding carboxylic acids is 1. The van der Waals surface area contributed by atoms with E-state index < -0.39 is 5.91 Å². The zero-order chi connectivity index (χ0) is 10.7. The standard InChI is InChI=1S/C10H9N3O2/c1-15-13-10(14)9-6-11-7-4-2-3-5-8(7)12-9/h2-6H,1H3,(H,13,14). The summed E-state index contributed by atoms with van der Waals surface area (Å²) in [6, 6.07) is 7.34. The van der Waals surface area contributed by atoms with Gasteiger partial charge in [0.2, 0.25) is 0 Å². The molecule has 5 nitrogen and oxygen atoms in total. The number of amides is 1. The van der Waals surface area contributed by atoms with Crippen molar-refractivity contribution < 1.29 is 9.63 Å². The molecular formula is C10H9N3O2. The van der Waals surface area contributed by atoms with Crippen LogP contribution in [0.15, 0.2) is 30.5 Å². The van der Waals surface area contributed by atoms with Crippen LogP contribution < -0.4 is 5.48 Å². The van der Waals surface area contributed by atoms with Crippen molar-refractivity contribution in [1.82, 2.24) is 15.4 Å². The van der Waals surface area contributed by atoms with Gasteiger partial charge in [-0.1, -0.05) is 12.1 Å². The minimum Gasteiger partial charge on any atom is -0.277 e. The van der Waals surface area contributed by atoms with Crippen LogP contribution in [0.3, 0.4) is 0 Å². The third kappa shape index (κ3) is 1.92. The highest BCUT2D eigenvalue weighted by Crippen LogP contribution is 2.08. The molecule has 0 saturated carbocycles. The highest BCUT2D eigenvalue weighted by Gasteiger charge is 2.07. The zero-order valence-corrected chi connectivity index (χ0v) is 8.10. The van der Waals surface area contributed by atoms with Crippen LogP contribution in [0, 0.1) is 0 Å². The third-order valence-electron chi connectivity index (χ3n) is 1.88. The first-order valence-corrected chi connectivity index (χ1v) is 4.36. The molecule has 0 unspecified atom stereocenters. The molecule has 2 aromatic rings. The molecule has 1 heterocycles. The molecule has 0 radical (unpaired) electrons. The lowest BCUT2D eigenvalue weighted by molar-refractivity contribution is 0.0532. The van der Waals surface area contributed by atoms with Gasteiger partial charge in [0, 0.05) is 0 Å². The summed E-state index contributed by atoms with van der Waals surface area (Å²) in [7, 11) is 1.37. The number of nitrogens with one attached hydrogen (secondary N) is 1. The topological polar surface area (TPSA) is 64.1 Å². The van der Waals surface area contributed by atoms with E-state index in [9.17, 15) is 4.79 Å². The van der Waals surface area contributed by atoms with Gasteiger partial charge in [-0.05, 0) is 12.1 Å². The third-order valence-corrected chi connectivity index (χ3v) is 1.88. The molecule has 5 heteroatoms. The second-order valence-electron chi connectivity index (χ2n) is 2.88. The number of para-hydroxylation sites is 2. The van der Waals surface area contributed by atoms with Crippen LogP contribution >= 0.6 is 0 Å². The van der Waals surface area contributed by atoms with Crippen LogP contribution in [-0.2, 0) is 4.84 Å². The van der Waals surface area contributed by atoms with Crippen LogP contribution in [0.25, 0.3) is 11.0 Å². The molecule has 1 aromatic carbocycles. The summed E-state index contributed by atoms with van der Waals surface area (Å²) in [4.78, 5) is 24.1. The Balaban J connectivity index is 2.42. The first-order chi connectivity index (χ1) is 7.31. The van der Waals surface area contributed by atoms with Crippen LogP contribution in [-0.4, -0.2) is 23.0 Å². The molecule has 1 N–H and O–H groups in total. The average Bonchev–Trinajstić information content (AvgIpc) is 2.29. The molecule has 0 saturated heterocycles. The fourth-order valence-corrected chi connectivity index (χ4v) is 1.21. The Kier molecular flexibility index (Phi) is 2.55. The Morgan fingerprint density at radius 2 is 2.07 bits per heavy atom. The van der Waals surface area contributed by atoms with E-state index in [1.165, 1.54) is 13.3 Å². The van der Waals surface area contributed by atoms with E-state index in [2.05, 4.69) is 20.3 Å². The van der Waals surface area contributed by atoms with Gasteiger partial charge < -0.3 is 0 Å². The summed E-state index contributed by atoms with van der Waals surface area (Å²) in [5.41, 5.74) is 3.85. The lowest BCUT2D eigenvalue weighted by Gasteiger charge is -2.01. The monoisotopic (exact) mass is 203 g/mol. The number of hydrogen-bond donors (Lipinski definition) is 1. The molecule has 0 aliphatic heterocycles. The maximum absolute atomic E-state index is 11.3. The van der Waals surface area contributed by atoms with Crippen molar-refractivity contribution in [1.29, 1.82) is 0 Å². The summed E-state index contributed by atoms with van der Waals surface area (Å²) < 4.78 is 0. The first kappa shape index (κ1) is 9.54. The van der Waals surface area contributed by atoms with Crippen molar-refractivity contribution >= 4 is 16.9 Å². The number of benzene rings is 1. The second-order valence-corrected chi connectivity index (χ2v) is 2.88. The number of hydroxylamine groups is 1. The quantitative estimate of drug-likeness (QED) is 0.737. The number of fused-ring (bicyclic) bond motifs is 1. The van der Waals surface area contributed by atoms with E-state index in [4.69, 9.17) is 0 Å². The highest BCUT2D eigenvalue weighted by molar-refractivity contribution is 5.92. The number of nitrogens with zero attached hydrogens (tertiary/aromatic N) is 2. The smallest absolute Gasteiger partial charge is 0.277 e. The predicted octanol–water partition coefficient (Wildman–Crippen LogP) is 0.921. The maximum atomic E-state index is 11.3. The minimum atomic E-state index is -0.407. The molecule has 0 bridgehead atoms. The Morgan fingerprint density at radius 3 is 2.80 bits per heavy atom. The number of aromatic nitrogens is 2. The molecule has 0 aliphatic rings. The molecule has 2 rings (SSSR count). The minimum absolute atomic E-state index is 0.232. The zero-order valence-electron chi connectivity index (χ0n) is 8.10. The van der Waals surface area contributed by atoms with E-state index in [1.807, 2.05) is 18.2 Å². The van der Waals surface area contributed by atoms with Crippen molar-refractivity contribution in [3.8, 4) is 0 Å². The summed E-state index contributed by atoms with van der Waals surface area (Å²) in [5.74, 6) is -0.407. The molecule has 0 fully saturated rings. The van der Waals surface area contributed by atoms with Gasteiger partial charge >= 0.3 is 0 Å². The molecule has 0 atom stereocenters. The number of rotatable bonds is 2. The van der Waals surface area contributed by atoms with Gasteiger partial charge in [0.15, 0.2) is 0 Å². The van der Waals surface area contributed by atoms with Gasteiger partial charge in [0.1, 0.15) is 5.69 Å². The first-order valence-electron chi connectivity index (χ1n) is 4.36. The number of carbonyl (C=O) groups is 1. The Morgan fingerprint density at radius 1 is 1.33 bits per heavy atom. The second kappa shape index (κ2) is 4.02. The van der Waals surface area contributed by atoms with Crippen LogP contribution in [0.4, 0.5) is 0 Å². The van der Waals surface area contributed by atoms with Crippen LogP contribution in [0.2, 0.25) is 0 Å². The van der Waals surface area contributed by atoms with Gasteiger partial charge in [-0.15, -0.1) is 0 Å². The molecule has 15 heavy (non-hydrogen) atoms. The fraction of sp³-hybridized carbons (Fsp3) is 0.100. The summed E-state index contributed by atoms with van der Waals surface area (Å²) in [6.45, 7) is 0. The molecule has 0 aliphatic carbocycles. The maximum Gasteiger partial charge on any atom is 0.295 e. The van der Waals surface area contributed by atoms with Crippen molar-refractivity contribution in [2.75, 3.05) is 7.11 Å². The number of hydrogen-bond acceptors (Lipinski definition) is 4. The van der Waals surface area contributed by atoms with Gasteiger partial charge in [0.05, 0.1) is 24.3 Å². The fourth-order valence-electron chi connectivity index (χ4n) is 1.21. The SMILES string of the molecule is CONC(=O)c1cnc2ccccc2n1. The Bertz CT molecular complexity index is 499. The molecule has 1 amide bonds. The summed E-state index contributed by atoms with van der Waals surface area (Å²) in [6.07, 6.45) is 1.41. The lowest BCUT2D eigenvalue weighted by atomic mass is 10.3. The van der Waals surface area contributed by atoms with Crippen molar-refractivity contribution in [2.24, 2.45) is 0 Å². The van der Waals surface area contributed by atoms with Gasteiger partial charge in [0.25, 0.3) is 5.91 Å². The molecule has 76 valence electrons. The van der Waals surface area contributed by atoms with Gasteiger partial charge in [-0.25, -0.2) is 10.5 Å². The largest absolute Gasteiger partial charge is 0.295 e. The highest BCUT2D eigenvalue weighted by atomic mass is 16.6. The van der Waals surface area contributed by atoms with Crippen molar-refractivity contribution in [3.05, 3.63) is 36.2 Å². The average molecular weight is 203 g/mol. The van der Waals surface area contributed by atoms with Gasteiger partial charge in [-0.3, -0.25) is 14.6 Å². The van der Waals surface area contributed by atoms with Crippen LogP contribution in [0.5, 0.6) is 0 Å². The lowest BCUT2D eigenvalue weighted by Crippen LogP contribution is -2.23. The van der Waals surface area contributed by atoms with Gasteiger partial charge in [-0.2, -0.15) is 0 Å². The van der Waals surface area contributed by atoms with E-state index in [0.29, 0.717) is 5.52 Å². The molecule has 1 aromatic heterocycles. The molecular weight excluding hydrogens is 194 g/mol. The van der Waals surface area contributed by atoms with E-state index in [1.54, 1.807) is 6.07 Å². The van der Waals surface area contributed by atoms with E-state index in [0.717, 1.165) is 5.52 Å². The predicted molar refractivity (Wildman–Crippen MR) is 54.0 cm³/mol. The Hall–Kier alpha value is -2.01. The molecule has 0 spiro atoms. The van der Waals surface area contributed by atoms with E-state index in [-0.39, 0.29) is 5.69 Å².